The standard InChI is InChI=1S/C23H26N2O3/c1-28-21-13-6-5-8-17(21)14-15-22(26)24-20-12-7-9-18(16-20)23(27)25-19-10-3-2-4-11-19/h5-9,12-16,19H,2-4,10-11H2,1H3,(H,24,26)(H,25,27)/b15-14+. The Morgan fingerprint density at radius 3 is 2.61 bits per heavy atom. The molecule has 0 unspecified atom stereocenters. The van der Waals surface area contributed by atoms with Crippen molar-refractivity contribution >= 4 is 23.6 Å². The van der Waals surface area contributed by atoms with E-state index in [1.165, 1.54) is 25.3 Å². The molecule has 2 N–H and O–H groups in total. The molecule has 1 aliphatic carbocycles. The van der Waals surface area contributed by atoms with Crippen LogP contribution in [0.25, 0.3) is 6.08 Å². The maximum Gasteiger partial charge on any atom is 0.251 e. The number of carbonyl (C=O) groups is 2. The molecule has 3 rings (SSSR count). The zero-order valence-electron chi connectivity index (χ0n) is 16.1. The van der Waals surface area contributed by atoms with Crippen molar-refractivity contribution in [1.82, 2.24) is 5.32 Å². The molecule has 0 bridgehead atoms. The first-order chi connectivity index (χ1) is 13.7. The van der Waals surface area contributed by atoms with Gasteiger partial charge in [0.05, 0.1) is 7.11 Å². The lowest BCUT2D eigenvalue weighted by molar-refractivity contribution is -0.111. The smallest absolute Gasteiger partial charge is 0.251 e. The first kappa shape index (κ1) is 19.7. The molecule has 0 heterocycles. The van der Waals surface area contributed by atoms with Crippen LogP contribution in [0.1, 0.15) is 48.0 Å². The van der Waals surface area contributed by atoms with E-state index in [0.717, 1.165) is 18.4 Å². The quantitative estimate of drug-likeness (QED) is 0.732. The summed E-state index contributed by atoms with van der Waals surface area (Å²) in [6, 6.07) is 14.7. The highest BCUT2D eigenvalue weighted by atomic mass is 16.5. The molecule has 0 atom stereocenters. The number of anilines is 1. The predicted molar refractivity (Wildman–Crippen MR) is 111 cm³/mol. The summed E-state index contributed by atoms with van der Waals surface area (Å²) in [6.07, 6.45) is 8.81. The lowest BCUT2D eigenvalue weighted by Crippen LogP contribution is -2.36. The maximum atomic E-state index is 12.5. The van der Waals surface area contributed by atoms with Crippen molar-refractivity contribution in [3.8, 4) is 5.75 Å². The second-order valence-corrected chi connectivity index (χ2v) is 6.95. The van der Waals surface area contributed by atoms with Gasteiger partial charge in [0.2, 0.25) is 5.91 Å². The zero-order chi connectivity index (χ0) is 19.8. The van der Waals surface area contributed by atoms with Crippen LogP contribution in [-0.4, -0.2) is 25.0 Å². The Labute approximate surface area is 165 Å². The summed E-state index contributed by atoms with van der Waals surface area (Å²) >= 11 is 0. The number of nitrogens with one attached hydrogen (secondary N) is 2. The van der Waals surface area contributed by atoms with Crippen LogP contribution in [0, 0.1) is 0 Å². The van der Waals surface area contributed by atoms with Gasteiger partial charge in [0, 0.05) is 28.9 Å². The van der Waals surface area contributed by atoms with Gasteiger partial charge in [0.25, 0.3) is 5.91 Å². The fourth-order valence-electron chi connectivity index (χ4n) is 3.41. The molecule has 2 aromatic carbocycles. The number of rotatable bonds is 6. The van der Waals surface area contributed by atoms with Crippen LogP contribution in [0.2, 0.25) is 0 Å². The largest absolute Gasteiger partial charge is 0.496 e. The van der Waals surface area contributed by atoms with Gasteiger partial charge in [-0.25, -0.2) is 0 Å². The van der Waals surface area contributed by atoms with Crippen molar-refractivity contribution in [2.24, 2.45) is 0 Å². The van der Waals surface area contributed by atoms with Crippen LogP contribution < -0.4 is 15.4 Å². The van der Waals surface area contributed by atoms with E-state index in [0.29, 0.717) is 17.0 Å². The number of hydrogen-bond acceptors (Lipinski definition) is 3. The topological polar surface area (TPSA) is 67.4 Å². The van der Waals surface area contributed by atoms with Crippen molar-refractivity contribution in [2.75, 3.05) is 12.4 Å². The summed E-state index contributed by atoms with van der Waals surface area (Å²) in [6.45, 7) is 0. The molecule has 0 spiro atoms. The summed E-state index contributed by atoms with van der Waals surface area (Å²) in [5.74, 6) is 0.344. The van der Waals surface area contributed by atoms with Gasteiger partial charge >= 0.3 is 0 Å². The third-order valence-electron chi connectivity index (χ3n) is 4.89. The average Bonchev–Trinajstić information content (AvgIpc) is 2.73. The van der Waals surface area contributed by atoms with Crippen molar-refractivity contribution in [2.45, 2.75) is 38.1 Å². The SMILES string of the molecule is COc1ccccc1/C=C/C(=O)Nc1cccc(C(=O)NC2CCCCC2)c1. The van der Waals surface area contributed by atoms with Crippen LogP contribution in [0.4, 0.5) is 5.69 Å². The molecule has 0 aliphatic heterocycles. The van der Waals surface area contributed by atoms with E-state index in [1.807, 2.05) is 24.3 Å². The third-order valence-corrected chi connectivity index (χ3v) is 4.89. The van der Waals surface area contributed by atoms with Crippen LogP contribution in [0.3, 0.4) is 0 Å². The van der Waals surface area contributed by atoms with Gasteiger partial charge in [-0.05, 0) is 43.2 Å². The molecule has 0 radical (unpaired) electrons. The van der Waals surface area contributed by atoms with Crippen molar-refractivity contribution in [1.29, 1.82) is 0 Å². The highest BCUT2D eigenvalue weighted by molar-refractivity contribution is 6.03. The minimum atomic E-state index is -0.268. The number of methoxy groups -OCH3 is 1. The summed E-state index contributed by atoms with van der Waals surface area (Å²) in [5.41, 5.74) is 1.96. The van der Waals surface area contributed by atoms with Crippen molar-refractivity contribution in [3.05, 3.63) is 65.7 Å². The Morgan fingerprint density at radius 2 is 1.82 bits per heavy atom. The molecule has 146 valence electrons. The zero-order valence-corrected chi connectivity index (χ0v) is 16.1. The minimum Gasteiger partial charge on any atom is -0.496 e. The van der Waals surface area contributed by atoms with Gasteiger partial charge in [-0.2, -0.15) is 0 Å². The average molecular weight is 378 g/mol. The van der Waals surface area contributed by atoms with Crippen LogP contribution >= 0.6 is 0 Å². The minimum absolute atomic E-state index is 0.0902. The third kappa shape index (κ3) is 5.46. The predicted octanol–water partition coefficient (Wildman–Crippen LogP) is 4.41. The van der Waals surface area contributed by atoms with E-state index in [9.17, 15) is 9.59 Å². The molecule has 1 fully saturated rings. The fourth-order valence-corrected chi connectivity index (χ4v) is 3.41. The number of hydrogen-bond donors (Lipinski definition) is 2. The summed E-state index contributed by atoms with van der Waals surface area (Å²) in [4.78, 5) is 24.7. The highest BCUT2D eigenvalue weighted by Crippen LogP contribution is 2.20. The lowest BCUT2D eigenvalue weighted by Gasteiger charge is -2.22. The number of para-hydroxylation sites is 1. The van der Waals surface area contributed by atoms with Gasteiger partial charge in [-0.3, -0.25) is 9.59 Å². The normalized spacial score (nSPS) is 14.6. The fraction of sp³-hybridized carbons (Fsp3) is 0.304. The number of benzene rings is 2. The molecule has 0 aromatic heterocycles. The Hall–Kier alpha value is -3.08. The van der Waals surface area contributed by atoms with E-state index < -0.39 is 0 Å². The van der Waals surface area contributed by atoms with Gasteiger partial charge in [0.1, 0.15) is 5.75 Å². The number of amides is 2. The Balaban J connectivity index is 1.61. The number of ether oxygens (including phenoxy) is 1. The molecule has 1 saturated carbocycles. The maximum absolute atomic E-state index is 12.5. The van der Waals surface area contributed by atoms with Gasteiger partial charge in [0.15, 0.2) is 0 Å². The van der Waals surface area contributed by atoms with E-state index in [-0.39, 0.29) is 17.9 Å². The lowest BCUT2D eigenvalue weighted by atomic mass is 9.95. The summed E-state index contributed by atoms with van der Waals surface area (Å²) in [5, 5.41) is 5.90. The van der Waals surface area contributed by atoms with E-state index in [1.54, 1.807) is 37.5 Å². The molecule has 2 amide bonds. The van der Waals surface area contributed by atoms with Gasteiger partial charge in [-0.15, -0.1) is 0 Å². The van der Waals surface area contributed by atoms with Gasteiger partial charge in [-0.1, -0.05) is 43.5 Å². The van der Waals surface area contributed by atoms with Crippen LogP contribution in [0.5, 0.6) is 5.75 Å². The van der Waals surface area contributed by atoms with Gasteiger partial charge < -0.3 is 15.4 Å². The Kier molecular flexibility index (Phi) is 6.84. The Bertz CT molecular complexity index is 854. The second-order valence-electron chi connectivity index (χ2n) is 6.95. The van der Waals surface area contributed by atoms with Crippen molar-refractivity contribution < 1.29 is 14.3 Å². The molecular weight excluding hydrogens is 352 g/mol. The van der Waals surface area contributed by atoms with E-state index in [2.05, 4.69) is 10.6 Å². The van der Waals surface area contributed by atoms with E-state index in [4.69, 9.17) is 4.74 Å². The Morgan fingerprint density at radius 1 is 1.04 bits per heavy atom. The van der Waals surface area contributed by atoms with E-state index >= 15 is 0 Å². The monoisotopic (exact) mass is 378 g/mol. The van der Waals surface area contributed by atoms with Crippen molar-refractivity contribution in [3.63, 3.8) is 0 Å². The molecule has 5 nitrogen and oxygen atoms in total. The second kappa shape index (κ2) is 9.74. The molecule has 2 aromatic rings. The molecule has 5 heteroatoms. The van der Waals surface area contributed by atoms with Crippen LogP contribution in [-0.2, 0) is 4.79 Å². The first-order valence-corrected chi connectivity index (χ1v) is 9.69. The molecule has 1 aliphatic rings. The summed E-state index contributed by atoms with van der Waals surface area (Å²) < 4.78 is 5.27. The first-order valence-electron chi connectivity index (χ1n) is 9.69. The highest BCUT2D eigenvalue weighted by Gasteiger charge is 2.16. The molecule has 0 saturated heterocycles. The number of carbonyl (C=O) groups excluding carboxylic acids is 2. The summed E-state index contributed by atoms with van der Waals surface area (Å²) in [7, 11) is 1.59. The van der Waals surface area contributed by atoms with Crippen LogP contribution in [0.15, 0.2) is 54.6 Å². The molecule has 28 heavy (non-hydrogen) atoms. The molecular formula is C23H26N2O3.